The largest absolute Gasteiger partial charge is 0.494 e. The Kier molecular flexibility index (Phi) is 8.96. The molecule has 0 saturated carbocycles. The summed E-state index contributed by atoms with van der Waals surface area (Å²) in [4.78, 5) is 36.0. The molecule has 1 aliphatic heterocycles. The molecule has 0 spiro atoms. The summed E-state index contributed by atoms with van der Waals surface area (Å²) >= 11 is 0. The molecule has 2 heterocycles. The van der Waals surface area contributed by atoms with E-state index in [1.54, 1.807) is 7.11 Å². The van der Waals surface area contributed by atoms with E-state index in [4.69, 9.17) is 14.5 Å². The number of aromatic nitrogens is 2. The SMILES string of the molecule is COCCN1CCCN(c2ccc3nc(-c4ccc(F)c(OC)c4)n(CC(=O)NC(C)C)c(=O)c3c2)CC1. The normalized spacial score (nSPS) is 14.6. The van der Waals surface area contributed by atoms with Crippen LogP contribution in [0.4, 0.5) is 10.1 Å². The molecule has 0 unspecified atom stereocenters. The summed E-state index contributed by atoms with van der Waals surface area (Å²) in [7, 11) is 3.09. The lowest BCUT2D eigenvalue weighted by molar-refractivity contribution is -0.122. The second-order valence-electron chi connectivity index (χ2n) is 9.77. The highest BCUT2D eigenvalue weighted by Gasteiger charge is 2.20. The molecule has 1 N–H and O–H groups in total. The minimum atomic E-state index is -0.522. The van der Waals surface area contributed by atoms with Crippen molar-refractivity contribution in [1.82, 2.24) is 19.8 Å². The number of hydrogen-bond acceptors (Lipinski definition) is 7. The van der Waals surface area contributed by atoms with Crippen LogP contribution in [0.25, 0.3) is 22.3 Å². The summed E-state index contributed by atoms with van der Waals surface area (Å²) in [5.74, 6) is -0.521. The molecular formula is C28H36FN5O4. The Bertz CT molecular complexity index is 1340. The van der Waals surface area contributed by atoms with Crippen molar-refractivity contribution < 1.29 is 18.7 Å². The first-order chi connectivity index (χ1) is 18.3. The first-order valence-corrected chi connectivity index (χ1v) is 12.9. The van der Waals surface area contributed by atoms with Crippen molar-refractivity contribution in [3.8, 4) is 17.1 Å². The molecule has 0 radical (unpaired) electrons. The maximum Gasteiger partial charge on any atom is 0.262 e. The Morgan fingerprint density at radius 3 is 2.66 bits per heavy atom. The van der Waals surface area contributed by atoms with Crippen LogP contribution in [-0.2, 0) is 16.1 Å². The van der Waals surface area contributed by atoms with Crippen LogP contribution in [0, 0.1) is 5.82 Å². The predicted molar refractivity (Wildman–Crippen MR) is 146 cm³/mol. The minimum Gasteiger partial charge on any atom is -0.494 e. The van der Waals surface area contributed by atoms with Gasteiger partial charge in [-0.3, -0.25) is 19.1 Å². The number of methoxy groups -OCH3 is 2. The van der Waals surface area contributed by atoms with Gasteiger partial charge in [0.2, 0.25) is 5.91 Å². The average molecular weight is 526 g/mol. The first-order valence-electron chi connectivity index (χ1n) is 12.9. The fraction of sp³-hybridized carbons (Fsp3) is 0.464. The summed E-state index contributed by atoms with van der Waals surface area (Å²) in [6, 6.07) is 9.87. The van der Waals surface area contributed by atoms with Gasteiger partial charge >= 0.3 is 0 Å². The van der Waals surface area contributed by atoms with Crippen LogP contribution in [0.2, 0.25) is 0 Å². The monoisotopic (exact) mass is 525 g/mol. The number of halogens is 1. The van der Waals surface area contributed by atoms with E-state index in [0.29, 0.717) is 23.1 Å². The molecule has 10 heteroatoms. The highest BCUT2D eigenvalue weighted by molar-refractivity contribution is 5.84. The molecule has 9 nitrogen and oxygen atoms in total. The third-order valence-electron chi connectivity index (χ3n) is 6.66. The number of rotatable bonds is 9. The first kappa shape index (κ1) is 27.5. The number of ether oxygens (including phenoxy) is 2. The van der Waals surface area contributed by atoms with Crippen molar-refractivity contribution in [3.63, 3.8) is 0 Å². The van der Waals surface area contributed by atoms with E-state index in [1.807, 2.05) is 32.0 Å². The highest BCUT2D eigenvalue weighted by Crippen LogP contribution is 2.27. The molecular weight excluding hydrogens is 489 g/mol. The van der Waals surface area contributed by atoms with Gasteiger partial charge in [-0.05, 0) is 63.2 Å². The van der Waals surface area contributed by atoms with Crippen LogP contribution in [0.5, 0.6) is 5.75 Å². The molecule has 1 aromatic heterocycles. The maximum atomic E-state index is 14.1. The molecule has 0 atom stereocenters. The zero-order valence-corrected chi connectivity index (χ0v) is 22.5. The Balaban J connectivity index is 1.75. The van der Waals surface area contributed by atoms with Gasteiger partial charge in [0, 0.05) is 50.6 Å². The third kappa shape index (κ3) is 6.31. The molecule has 1 fully saturated rings. The number of nitrogens with zero attached hydrogens (tertiary/aromatic N) is 4. The van der Waals surface area contributed by atoms with Crippen molar-refractivity contribution in [2.75, 3.05) is 58.5 Å². The molecule has 0 bridgehead atoms. The van der Waals surface area contributed by atoms with Gasteiger partial charge in [0.15, 0.2) is 11.6 Å². The van der Waals surface area contributed by atoms with Gasteiger partial charge in [-0.25, -0.2) is 9.37 Å². The molecule has 1 aliphatic rings. The van der Waals surface area contributed by atoms with E-state index in [1.165, 1.54) is 29.9 Å². The Hall–Kier alpha value is -3.50. The maximum absolute atomic E-state index is 14.1. The van der Waals surface area contributed by atoms with Gasteiger partial charge in [-0.1, -0.05) is 0 Å². The lowest BCUT2D eigenvalue weighted by atomic mass is 10.1. The fourth-order valence-electron chi connectivity index (χ4n) is 4.76. The Morgan fingerprint density at radius 2 is 1.92 bits per heavy atom. The Morgan fingerprint density at radius 1 is 1.11 bits per heavy atom. The van der Waals surface area contributed by atoms with Crippen LogP contribution in [-0.4, -0.2) is 80.0 Å². The predicted octanol–water partition coefficient (Wildman–Crippen LogP) is 2.89. The number of anilines is 1. The summed E-state index contributed by atoms with van der Waals surface area (Å²) in [6.07, 6.45) is 1.00. The van der Waals surface area contributed by atoms with Crippen LogP contribution in [0.3, 0.4) is 0 Å². The smallest absolute Gasteiger partial charge is 0.262 e. The number of hydrogen-bond donors (Lipinski definition) is 1. The van der Waals surface area contributed by atoms with Gasteiger partial charge in [-0.2, -0.15) is 0 Å². The van der Waals surface area contributed by atoms with Crippen LogP contribution in [0.1, 0.15) is 20.3 Å². The van der Waals surface area contributed by atoms with Gasteiger partial charge in [0.25, 0.3) is 5.56 Å². The van der Waals surface area contributed by atoms with E-state index < -0.39 is 5.82 Å². The second kappa shape index (κ2) is 12.4. The topological polar surface area (TPSA) is 88.9 Å². The summed E-state index contributed by atoms with van der Waals surface area (Å²) in [5, 5.41) is 3.26. The van der Waals surface area contributed by atoms with Gasteiger partial charge in [0.05, 0.1) is 24.6 Å². The number of nitrogens with one attached hydrogen (secondary N) is 1. The summed E-state index contributed by atoms with van der Waals surface area (Å²) in [6.45, 7) is 8.71. The highest BCUT2D eigenvalue weighted by atomic mass is 19.1. The zero-order chi connectivity index (χ0) is 27.2. The van der Waals surface area contributed by atoms with Crippen molar-refractivity contribution in [3.05, 3.63) is 52.6 Å². The van der Waals surface area contributed by atoms with E-state index in [0.717, 1.165) is 44.8 Å². The van der Waals surface area contributed by atoms with Crippen LogP contribution < -0.4 is 20.5 Å². The Labute approximate surface area is 222 Å². The quantitative estimate of drug-likeness (QED) is 0.460. The standard InChI is InChI=1S/C28H36FN5O4/c1-19(2)30-26(35)18-34-27(20-6-8-23(29)25(16-20)38-4)31-24-9-7-21(17-22(24)28(34)36)33-11-5-10-32(12-13-33)14-15-37-3/h6-9,16-17,19H,5,10-15,18H2,1-4H3,(H,30,35). The molecule has 4 rings (SSSR count). The van der Waals surface area contributed by atoms with Gasteiger partial charge in [-0.15, -0.1) is 0 Å². The zero-order valence-electron chi connectivity index (χ0n) is 22.5. The van der Waals surface area contributed by atoms with E-state index >= 15 is 0 Å². The van der Waals surface area contributed by atoms with Crippen LogP contribution >= 0.6 is 0 Å². The summed E-state index contributed by atoms with van der Waals surface area (Å²) in [5.41, 5.74) is 1.60. The number of carbonyl (C=O) groups is 1. The minimum absolute atomic E-state index is 0.0334. The van der Waals surface area contributed by atoms with Gasteiger partial charge in [0.1, 0.15) is 12.4 Å². The van der Waals surface area contributed by atoms with E-state index in [9.17, 15) is 14.0 Å². The molecule has 204 valence electrons. The summed E-state index contributed by atoms with van der Waals surface area (Å²) < 4.78 is 25.8. The van der Waals surface area contributed by atoms with Crippen LogP contribution in [0.15, 0.2) is 41.2 Å². The number of carbonyl (C=O) groups excluding carboxylic acids is 1. The van der Waals surface area contributed by atoms with Crippen molar-refractivity contribution in [2.24, 2.45) is 0 Å². The van der Waals surface area contributed by atoms with Crippen molar-refractivity contribution in [1.29, 1.82) is 0 Å². The second-order valence-corrected chi connectivity index (χ2v) is 9.77. The molecule has 1 saturated heterocycles. The van der Waals surface area contributed by atoms with E-state index in [-0.39, 0.29) is 35.6 Å². The molecule has 1 amide bonds. The fourth-order valence-corrected chi connectivity index (χ4v) is 4.76. The lowest BCUT2D eigenvalue weighted by Gasteiger charge is -2.24. The van der Waals surface area contributed by atoms with E-state index in [2.05, 4.69) is 15.1 Å². The number of benzene rings is 2. The van der Waals surface area contributed by atoms with Gasteiger partial charge < -0.3 is 19.7 Å². The van der Waals surface area contributed by atoms with Crippen molar-refractivity contribution >= 4 is 22.5 Å². The van der Waals surface area contributed by atoms with Crippen molar-refractivity contribution in [2.45, 2.75) is 32.9 Å². The number of amides is 1. The molecule has 2 aromatic carbocycles. The molecule has 38 heavy (non-hydrogen) atoms. The lowest BCUT2D eigenvalue weighted by Crippen LogP contribution is -2.37. The third-order valence-corrected chi connectivity index (χ3v) is 6.66. The average Bonchev–Trinajstić information content (AvgIpc) is 3.14. The molecule has 0 aliphatic carbocycles. The number of fused-ring (bicyclic) bond motifs is 1. The molecule has 3 aromatic rings.